The Morgan fingerprint density at radius 3 is 1.82 bits per heavy atom. The summed E-state index contributed by atoms with van der Waals surface area (Å²) in [7, 11) is 0. The Bertz CT molecular complexity index is 2880. The van der Waals surface area contributed by atoms with Crippen LogP contribution < -0.4 is 4.90 Å². The van der Waals surface area contributed by atoms with E-state index in [2.05, 4.69) is 181 Å². The van der Waals surface area contributed by atoms with Crippen molar-refractivity contribution in [3.05, 3.63) is 188 Å². The molecule has 0 amide bonds. The number of hydrogen-bond donors (Lipinski definition) is 0. The number of para-hydroxylation sites is 2. The monoisotopic (exact) mass is 637 g/mol. The van der Waals surface area contributed by atoms with E-state index >= 15 is 0 Å². The lowest BCUT2D eigenvalue weighted by Gasteiger charge is -2.30. The Morgan fingerprint density at radius 1 is 0.340 bits per heavy atom. The number of rotatable bonds is 5. The van der Waals surface area contributed by atoms with E-state index < -0.39 is 0 Å². The van der Waals surface area contributed by atoms with Gasteiger partial charge in [-0.2, -0.15) is 0 Å². The van der Waals surface area contributed by atoms with Gasteiger partial charge in [0.1, 0.15) is 11.2 Å². The van der Waals surface area contributed by atoms with Gasteiger partial charge in [-0.25, -0.2) is 0 Å². The fourth-order valence-corrected chi connectivity index (χ4v) is 7.79. The summed E-state index contributed by atoms with van der Waals surface area (Å²) in [6, 6.07) is 67.6. The largest absolute Gasteiger partial charge is 0.456 e. The van der Waals surface area contributed by atoms with Crippen molar-refractivity contribution >= 4 is 71.3 Å². The number of hydrogen-bond acceptors (Lipinski definition) is 2. The molecule has 1 aromatic heterocycles. The van der Waals surface area contributed by atoms with Gasteiger partial charge in [-0.1, -0.05) is 140 Å². The van der Waals surface area contributed by atoms with Gasteiger partial charge in [-0.05, 0) is 92.2 Å². The smallest absolute Gasteiger partial charge is 0.136 e. The Labute approximate surface area is 290 Å². The third-order valence-electron chi connectivity index (χ3n) is 10.0. The molecule has 0 aliphatic carbocycles. The lowest BCUT2D eigenvalue weighted by atomic mass is 9.87. The van der Waals surface area contributed by atoms with Crippen molar-refractivity contribution in [3.8, 4) is 22.3 Å². The molecule has 0 fully saturated rings. The molecular weight excluding hydrogens is 607 g/mol. The summed E-state index contributed by atoms with van der Waals surface area (Å²) in [5.74, 6) is 0. The molecule has 0 bridgehead atoms. The number of benzene rings is 9. The van der Waals surface area contributed by atoms with Crippen LogP contribution in [0.4, 0.5) is 17.1 Å². The topological polar surface area (TPSA) is 16.4 Å². The Kier molecular flexibility index (Phi) is 6.53. The maximum absolute atomic E-state index is 6.44. The molecule has 234 valence electrons. The van der Waals surface area contributed by atoms with Gasteiger partial charge in [-0.3, -0.25) is 0 Å². The van der Waals surface area contributed by atoms with Gasteiger partial charge in [0, 0.05) is 27.4 Å². The molecule has 0 aliphatic heterocycles. The Morgan fingerprint density at radius 2 is 0.960 bits per heavy atom. The van der Waals surface area contributed by atoms with Crippen LogP contribution in [0.15, 0.2) is 192 Å². The first kappa shape index (κ1) is 28.4. The molecule has 10 aromatic rings. The molecule has 2 nitrogen and oxygen atoms in total. The van der Waals surface area contributed by atoms with Crippen molar-refractivity contribution in [3.63, 3.8) is 0 Å². The molecule has 1 heterocycles. The van der Waals surface area contributed by atoms with Crippen molar-refractivity contribution in [2.75, 3.05) is 4.90 Å². The van der Waals surface area contributed by atoms with Gasteiger partial charge in [0.15, 0.2) is 0 Å². The quantitative estimate of drug-likeness (QED) is 0.175. The second kappa shape index (κ2) is 11.5. The zero-order valence-corrected chi connectivity index (χ0v) is 27.3. The van der Waals surface area contributed by atoms with Crippen molar-refractivity contribution < 1.29 is 4.42 Å². The first-order valence-electron chi connectivity index (χ1n) is 17.1. The molecule has 0 spiro atoms. The van der Waals surface area contributed by atoms with E-state index in [1.165, 1.54) is 43.4 Å². The third kappa shape index (κ3) is 4.50. The lowest BCUT2D eigenvalue weighted by Crippen LogP contribution is -2.12. The van der Waals surface area contributed by atoms with E-state index in [9.17, 15) is 0 Å². The fraction of sp³-hybridized carbons (Fsp3) is 0. The van der Waals surface area contributed by atoms with Crippen LogP contribution >= 0.6 is 0 Å². The minimum absolute atomic E-state index is 0.886. The highest BCUT2D eigenvalue weighted by Gasteiger charge is 2.24. The predicted octanol–water partition coefficient (Wildman–Crippen LogP) is 13.8. The van der Waals surface area contributed by atoms with Crippen LogP contribution in [-0.4, -0.2) is 0 Å². The van der Waals surface area contributed by atoms with Crippen LogP contribution in [0.2, 0.25) is 0 Å². The number of nitrogens with zero attached hydrogens (tertiary/aromatic N) is 1. The van der Waals surface area contributed by atoms with Crippen LogP contribution in [0.5, 0.6) is 0 Å². The van der Waals surface area contributed by atoms with Crippen molar-refractivity contribution in [1.82, 2.24) is 0 Å². The van der Waals surface area contributed by atoms with Gasteiger partial charge >= 0.3 is 0 Å². The second-order valence-electron chi connectivity index (χ2n) is 12.9. The average molecular weight is 638 g/mol. The Hall–Kier alpha value is -6.64. The number of fused-ring (bicyclic) bond motifs is 7. The molecule has 0 radical (unpaired) electrons. The summed E-state index contributed by atoms with van der Waals surface area (Å²) in [5.41, 5.74) is 9.74. The van der Waals surface area contributed by atoms with E-state index in [1.807, 2.05) is 12.1 Å². The lowest BCUT2D eigenvalue weighted by molar-refractivity contribution is 0.669. The first-order valence-corrected chi connectivity index (χ1v) is 17.1. The van der Waals surface area contributed by atoms with Crippen molar-refractivity contribution in [1.29, 1.82) is 0 Å². The SMILES string of the molecule is c1ccc(N(c2cccc(-c3ccc4c(c3)oc3ccccc34)c2-c2cc3ccccc3c3ccccc23)c2cccc3ccccc23)cc1. The van der Waals surface area contributed by atoms with E-state index in [0.717, 1.165) is 50.1 Å². The molecule has 0 unspecified atom stereocenters. The standard InChI is InChI=1S/C48H31NO/c1-2-17-35(18-3-1)49(44-25-12-16-32-14-4-7-20-37(32)44)45-26-13-24-38(34-28-29-42-41-23-10-11-27-46(41)50-47(42)31-34)48(45)43-30-33-15-5-6-19-36(33)39-21-8-9-22-40(39)43/h1-31H. The predicted molar refractivity (Wildman–Crippen MR) is 212 cm³/mol. The molecule has 0 saturated heterocycles. The zero-order valence-electron chi connectivity index (χ0n) is 27.3. The Balaban J connectivity index is 1.34. The number of anilines is 3. The van der Waals surface area contributed by atoms with Gasteiger partial charge in [0.2, 0.25) is 0 Å². The van der Waals surface area contributed by atoms with Crippen LogP contribution in [0.25, 0.3) is 76.5 Å². The molecule has 9 aromatic carbocycles. The van der Waals surface area contributed by atoms with Crippen molar-refractivity contribution in [2.24, 2.45) is 0 Å². The summed E-state index contributed by atoms with van der Waals surface area (Å²) in [5, 5.41) is 9.59. The normalized spacial score (nSPS) is 11.6. The maximum Gasteiger partial charge on any atom is 0.136 e. The minimum Gasteiger partial charge on any atom is -0.456 e. The van der Waals surface area contributed by atoms with Crippen molar-refractivity contribution in [2.45, 2.75) is 0 Å². The van der Waals surface area contributed by atoms with Gasteiger partial charge in [-0.15, -0.1) is 0 Å². The molecule has 2 heteroatoms. The highest BCUT2D eigenvalue weighted by atomic mass is 16.3. The highest BCUT2D eigenvalue weighted by Crippen LogP contribution is 2.49. The van der Waals surface area contributed by atoms with Crippen LogP contribution in [0, 0.1) is 0 Å². The molecule has 0 N–H and O–H groups in total. The average Bonchev–Trinajstić information content (AvgIpc) is 3.56. The van der Waals surface area contributed by atoms with Gasteiger partial charge in [0.05, 0.1) is 11.4 Å². The van der Waals surface area contributed by atoms with E-state index in [1.54, 1.807) is 0 Å². The molecule has 10 rings (SSSR count). The molecule has 50 heavy (non-hydrogen) atoms. The maximum atomic E-state index is 6.44. The van der Waals surface area contributed by atoms with Crippen LogP contribution in [0.3, 0.4) is 0 Å². The van der Waals surface area contributed by atoms with E-state index in [-0.39, 0.29) is 0 Å². The van der Waals surface area contributed by atoms with E-state index in [0.29, 0.717) is 0 Å². The molecule has 0 saturated carbocycles. The van der Waals surface area contributed by atoms with Gasteiger partial charge in [0.25, 0.3) is 0 Å². The van der Waals surface area contributed by atoms with Gasteiger partial charge < -0.3 is 9.32 Å². The summed E-state index contributed by atoms with van der Waals surface area (Å²) >= 11 is 0. The first-order chi connectivity index (χ1) is 24.8. The zero-order chi connectivity index (χ0) is 33.0. The number of furan rings is 1. The molecule has 0 aliphatic rings. The second-order valence-corrected chi connectivity index (χ2v) is 12.9. The van der Waals surface area contributed by atoms with E-state index in [4.69, 9.17) is 4.42 Å². The summed E-state index contributed by atoms with van der Waals surface area (Å²) in [6.45, 7) is 0. The van der Waals surface area contributed by atoms with Crippen LogP contribution in [-0.2, 0) is 0 Å². The van der Waals surface area contributed by atoms with Crippen LogP contribution in [0.1, 0.15) is 0 Å². The molecular formula is C48H31NO. The minimum atomic E-state index is 0.886. The fourth-order valence-electron chi connectivity index (χ4n) is 7.79. The summed E-state index contributed by atoms with van der Waals surface area (Å²) < 4.78 is 6.44. The summed E-state index contributed by atoms with van der Waals surface area (Å²) in [4.78, 5) is 2.44. The third-order valence-corrected chi connectivity index (χ3v) is 10.0. The highest BCUT2D eigenvalue weighted by molar-refractivity contribution is 6.17. The molecule has 0 atom stereocenters. The summed E-state index contributed by atoms with van der Waals surface area (Å²) in [6.07, 6.45) is 0.